The summed E-state index contributed by atoms with van der Waals surface area (Å²) in [7, 11) is -4.34. The van der Waals surface area contributed by atoms with Gasteiger partial charge in [0.15, 0.2) is 4.90 Å². The molecule has 4 atom stereocenters. The minimum atomic E-state index is -4.34. The van der Waals surface area contributed by atoms with E-state index in [0.717, 1.165) is 32.8 Å². The van der Waals surface area contributed by atoms with E-state index < -0.39 is 55.9 Å². The molecule has 0 bridgehead atoms. The van der Waals surface area contributed by atoms with E-state index in [1.165, 1.54) is 18.2 Å². The van der Waals surface area contributed by atoms with E-state index >= 15 is 0 Å². The molecule has 0 aliphatic carbocycles. The van der Waals surface area contributed by atoms with Gasteiger partial charge in [0, 0.05) is 41.6 Å². The van der Waals surface area contributed by atoms with Crippen molar-refractivity contribution in [1.82, 2.24) is 14.9 Å². The number of benzene rings is 5. The maximum atomic E-state index is 13.7. The van der Waals surface area contributed by atoms with Crippen molar-refractivity contribution in [1.29, 1.82) is 0 Å². The molecular formula is C41H41BrN4O8S. The summed E-state index contributed by atoms with van der Waals surface area (Å²) in [5, 5.41) is 33.6. The average molecular weight is 830 g/mol. The number of aliphatic hydroxyl groups excluding tert-OH is 1. The molecule has 1 amide bonds. The summed E-state index contributed by atoms with van der Waals surface area (Å²) in [4.78, 5) is 24.2. The van der Waals surface area contributed by atoms with Crippen LogP contribution in [0.25, 0.3) is 0 Å². The largest absolute Gasteiger partial charge is 0.465 e. The van der Waals surface area contributed by atoms with Crippen molar-refractivity contribution in [2.24, 2.45) is 0 Å². The SMILES string of the molecule is O=C(O)NC(CO)CCN1[C@H](COC(c2ccccc2)(c2ccccc2)c2ccccc2)[C@H](c2ccc(Br)cc2)[C@@H]1CNS(=O)(=O)c1ccccc1[N+](=O)[O-]. The molecule has 286 valence electrons. The van der Waals surface area contributed by atoms with Gasteiger partial charge in [-0.05, 0) is 46.9 Å². The van der Waals surface area contributed by atoms with Gasteiger partial charge in [-0.1, -0.05) is 131 Å². The molecule has 1 unspecified atom stereocenters. The third kappa shape index (κ3) is 8.80. The summed E-state index contributed by atoms with van der Waals surface area (Å²) in [5.74, 6) is -0.304. The Morgan fingerprint density at radius 3 is 1.87 bits per heavy atom. The van der Waals surface area contributed by atoms with Gasteiger partial charge in [0.25, 0.3) is 5.69 Å². The number of carbonyl (C=O) groups is 1. The highest BCUT2D eigenvalue weighted by molar-refractivity contribution is 9.10. The molecule has 1 saturated heterocycles. The minimum absolute atomic E-state index is 0.122. The number of rotatable bonds is 17. The predicted molar refractivity (Wildman–Crippen MR) is 211 cm³/mol. The van der Waals surface area contributed by atoms with E-state index in [4.69, 9.17) is 4.74 Å². The molecule has 1 fully saturated rings. The second-order valence-electron chi connectivity index (χ2n) is 13.2. The molecule has 1 heterocycles. The Morgan fingerprint density at radius 2 is 1.36 bits per heavy atom. The number of sulfonamides is 1. The number of likely N-dealkylation sites (tertiary alicyclic amines) is 1. The molecule has 0 saturated carbocycles. The van der Waals surface area contributed by atoms with Crippen molar-refractivity contribution in [2.45, 2.75) is 41.0 Å². The molecule has 55 heavy (non-hydrogen) atoms. The van der Waals surface area contributed by atoms with Crippen molar-refractivity contribution in [3.05, 3.63) is 176 Å². The molecule has 1 aliphatic rings. The molecule has 0 radical (unpaired) electrons. The maximum absolute atomic E-state index is 13.7. The quantitative estimate of drug-likeness (QED) is 0.0464. The van der Waals surface area contributed by atoms with Gasteiger partial charge in [-0.2, -0.15) is 0 Å². The van der Waals surface area contributed by atoms with Gasteiger partial charge < -0.3 is 20.3 Å². The number of nitro groups is 1. The van der Waals surface area contributed by atoms with Gasteiger partial charge in [-0.3, -0.25) is 15.0 Å². The molecule has 4 N–H and O–H groups in total. The fourth-order valence-electron chi connectivity index (χ4n) is 7.49. The van der Waals surface area contributed by atoms with E-state index in [0.29, 0.717) is 0 Å². The number of hydrogen-bond donors (Lipinski definition) is 4. The lowest BCUT2D eigenvalue weighted by molar-refractivity contribution is -0.387. The topological polar surface area (TPSA) is 171 Å². The van der Waals surface area contributed by atoms with Crippen LogP contribution in [0, 0.1) is 10.1 Å². The van der Waals surface area contributed by atoms with Crippen molar-refractivity contribution in [3.8, 4) is 0 Å². The van der Waals surface area contributed by atoms with Crippen LogP contribution in [-0.2, 0) is 20.4 Å². The first-order chi connectivity index (χ1) is 26.5. The predicted octanol–water partition coefficient (Wildman–Crippen LogP) is 6.50. The Morgan fingerprint density at radius 1 is 0.836 bits per heavy atom. The fraction of sp³-hybridized carbons (Fsp3) is 0.244. The van der Waals surface area contributed by atoms with E-state index in [2.05, 4.69) is 30.9 Å². The number of hydrogen-bond acceptors (Lipinski definition) is 8. The second kappa shape index (κ2) is 17.7. The summed E-state index contributed by atoms with van der Waals surface area (Å²) in [6.45, 7) is -0.142. The van der Waals surface area contributed by atoms with Crippen molar-refractivity contribution >= 4 is 37.7 Å². The summed E-state index contributed by atoms with van der Waals surface area (Å²) in [6.07, 6.45) is -1.07. The van der Waals surface area contributed by atoms with Crippen LogP contribution in [0.4, 0.5) is 10.5 Å². The summed E-state index contributed by atoms with van der Waals surface area (Å²) < 4.78 is 38.1. The Labute approximate surface area is 328 Å². The zero-order valence-corrected chi connectivity index (χ0v) is 32.1. The Bertz CT molecular complexity index is 2070. The number of nitrogens with zero attached hydrogens (tertiary/aromatic N) is 2. The van der Waals surface area contributed by atoms with Crippen molar-refractivity contribution in [2.75, 3.05) is 26.3 Å². The highest BCUT2D eigenvalue weighted by Crippen LogP contribution is 2.45. The van der Waals surface area contributed by atoms with Gasteiger partial charge >= 0.3 is 6.09 Å². The standard InChI is InChI=1S/C41H41BrN4O8S/c42-33-22-20-29(21-23-33)39-36(26-43-55(52,53)38-19-11-10-18-35(38)46(50)51)45(25-24-34(27-47)44-40(48)49)37(39)28-54-41(30-12-4-1-5-13-30,31-14-6-2-7-15-31)32-16-8-3-9-17-32/h1-23,34,36-37,39,43-44,47H,24-28H2,(H,48,49)/t34?,36-,37+,39+/m0/s1. The van der Waals surface area contributed by atoms with Gasteiger partial charge in [0.05, 0.1) is 24.2 Å². The Kier molecular flexibility index (Phi) is 12.8. The van der Waals surface area contributed by atoms with E-state index in [1.54, 1.807) is 0 Å². The maximum Gasteiger partial charge on any atom is 0.404 e. The smallest absolute Gasteiger partial charge is 0.404 e. The number of para-hydroxylation sites is 1. The van der Waals surface area contributed by atoms with Crippen LogP contribution in [0.3, 0.4) is 0 Å². The third-order valence-corrected chi connectivity index (χ3v) is 12.1. The van der Waals surface area contributed by atoms with E-state index in [1.807, 2.05) is 115 Å². The highest BCUT2D eigenvalue weighted by Gasteiger charge is 2.51. The first-order valence-electron chi connectivity index (χ1n) is 17.7. The number of nitrogens with one attached hydrogen (secondary N) is 2. The van der Waals surface area contributed by atoms with Crippen LogP contribution in [0.1, 0.15) is 34.6 Å². The number of nitro benzene ring substituents is 1. The monoisotopic (exact) mass is 828 g/mol. The van der Waals surface area contributed by atoms with Crippen LogP contribution in [0.2, 0.25) is 0 Å². The fourth-order valence-corrected chi connectivity index (χ4v) is 8.98. The number of halogens is 1. The Balaban J connectivity index is 1.41. The summed E-state index contributed by atoms with van der Waals surface area (Å²) in [5.41, 5.74) is 2.02. The highest BCUT2D eigenvalue weighted by atomic mass is 79.9. The summed E-state index contributed by atoms with van der Waals surface area (Å²) in [6, 6.07) is 41.0. The number of carboxylic acid groups (broad SMARTS) is 1. The Hall–Kier alpha value is -4.96. The minimum Gasteiger partial charge on any atom is -0.465 e. The van der Waals surface area contributed by atoms with Gasteiger partial charge in [-0.25, -0.2) is 17.9 Å². The van der Waals surface area contributed by atoms with Gasteiger partial charge in [-0.15, -0.1) is 0 Å². The lowest BCUT2D eigenvalue weighted by Crippen LogP contribution is -2.67. The zero-order chi connectivity index (χ0) is 39.0. The molecule has 0 aromatic heterocycles. The first kappa shape index (κ1) is 39.7. The zero-order valence-electron chi connectivity index (χ0n) is 29.6. The number of ether oxygens (including phenoxy) is 1. The van der Waals surface area contributed by atoms with Crippen molar-refractivity contribution < 1.29 is 33.1 Å². The van der Waals surface area contributed by atoms with Crippen LogP contribution < -0.4 is 10.0 Å². The van der Waals surface area contributed by atoms with Gasteiger partial charge in [0.2, 0.25) is 10.0 Å². The lowest BCUT2D eigenvalue weighted by atomic mass is 9.74. The lowest BCUT2D eigenvalue weighted by Gasteiger charge is -2.56. The summed E-state index contributed by atoms with van der Waals surface area (Å²) >= 11 is 3.52. The molecule has 5 aromatic rings. The number of aliphatic hydroxyl groups is 1. The van der Waals surface area contributed by atoms with E-state index in [-0.39, 0.29) is 38.1 Å². The van der Waals surface area contributed by atoms with Crippen LogP contribution in [0.15, 0.2) is 149 Å². The molecule has 1 aliphatic heterocycles. The molecule has 14 heteroatoms. The molecule has 5 aromatic carbocycles. The third-order valence-electron chi connectivity index (χ3n) is 10.1. The van der Waals surface area contributed by atoms with Gasteiger partial charge in [0.1, 0.15) is 5.60 Å². The van der Waals surface area contributed by atoms with Crippen LogP contribution >= 0.6 is 15.9 Å². The number of amides is 1. The van der Waals surface area contributed by atoms with Crippen LogP contribution in [0.5, 0.6) is 0 Å². The van der Waals surface area contributed by atoms with Crippen molar-refractivity contribution in [3.63, 3.8) is 0 Å². The van der Waals surface area contributed by atoms with E-state index in [9.17, 15) is 33.5 Å². The molecule has 0 spiro atoms. The molecule has 12 nitrogen and oxygen atoms in total. The first-order valence-corrected chi connectivity index (χ1v) is 20.0. The molecular weight excluding hydrogens is 788 g/mol. The molecule has 6 rings (SSSR count). The normalized spacial score (nSPS) is 17.9. The van der Waals surface area contributed by atoms with Crippen LogP contribution in [-0.4, -0.2) is 79.0 Å². The second-order valence-corrected chi connectivity index (χ2v) is 15.9. The average Bonchev–Trinajstić information content (AvgIpc) is 3.20.